The number of aliphatic hydroxyl groups is 1. The van der Waals surface area contributed by atoms with Crippen molar-refractivity contribution in [1.82, 2.24) is 0 Å². The first-order valence-electron chi connectivity index (χ1n) is 11.0. The smallest absolute Gasteiger partial charge is 0.340 e. The first-order valence-corrected chi connectivity index (χ1v) is 11.0. The van der Waals surface area contributed by atoms with E-state index in [1.165, 1.54) is 6.92 Å². The molecule has 3 aromatic rings. The Morgan fingerprint density at radius 2 is 1.17 bits per heavy atom. The fraction of sp³-hybridized carbons (Fsp3) is 0.222. The molecule has 0 saturated carbocycles. The fourth-order valence-electron chi connectivity index (χ4n) is 3.66. The van der Waals surface area contributed by atoms with Gasteiger partial charge in [0.25, 0.3) is 0 Å². The van der Waals surface area contributed by atoms with Gasteiger partial charge in [0.05, 0.1) is 16.7 Å². The van der Waals surface area contributed by atoms with E-state index in [-0.39, 0.29) is 17.7 Å². The lowest BCUT2D eigenvalue weighted by Crippen LogP contribution is -2.49. The number of esters is 3. The number of ether oxygens (including phenoxy) is 4. The van der Waals surface area contributed by atoms with Crippen molar-refractivity contribution in [2.24, 2.45) is 0 Å². The molecule has 0 bridgehead atoms. The lowest BCUT2D eigenvalue weighted by molar-refractivity contribution is -0.173. The monoisotopic (exact) mass is 476 g/mol. The molecule has 1 heterocycles. The summed E-state index contributed by atoms with van der Waals surface area (Å²) >= 11 is 0. The van der Waals surface area contributed by atoms with Crippen molar-refractivity contribution in [3.8, 4) is 0 Å². The summed E-state index contributed by atoms with van der Waals surface area (Å²) in [7, 11) is 0. The van der Waals surface area contributed by atoms with E-state index < -0.39 is 42.0 Å². The molecule has 0 spiro atoms. The molecule has 0 aliphatic carbocycles. The van der Waals surface area contributed by atoms with Gasteiger partial charge in [0.15, 0.2) is 11.7 Å². The summed E-state index contributed by atoms with van der Waals surface area (Å²) in [4.78, 5) is 37.8. The third-order valence-electron chi connectivity index (χ3n) is 5.54. The van der Waals surface area contributed by atoms with Crippen LogP contribution in [0.4, 0.5) is 0 Å². The highest BCUT2D eigenvalue weighted by Crippen LogP contribution is 2.35. The minimum Gasteiger partial charge on any atom is -0.459 e. The van der Waals surface area contributed by atoms with Crippen LogP contribution < -0.4 is 0 Å². The van der Waals surface area contributed by atoms with Crippen molar-refractivity contribution in [3.05, 3.63) is 108 Å². The zero-order valence-electron chi connectivity index (χ0n) is 18.9. The quantitative estimate of drug-likeness (QED) is 0.408. The van der Waals surface area contributed by atoms with Crippen molar-refractivity contribution in [2.45, 2.75) is 31.0 Å². The fourth-order valence-corrected chi connectivity index (χ4v) is 3.66. The van der Waals surface area contributed by atoms with Crippen molar-refractivity contribution >= 4 is 17.9 Å². The van der Waals surface area contributed by atoms with Crippen LogP contribution in [0.2, 0.25) is 0 Å². The van der Waals surface area contributed by atoms with E-state index in [4.69, 9.17) is 18.9 Å². The number of carbonyl (C=O) groups is 3. The summed E-state index contributed by atoms with van der Waals surface area (Å²) < 4.78 is 22.1. The Bertz CT molecular complexity index is 1160. The van der Waals surface area contributed by atoms with Crippen LogP contribution in [-0.2, 0) is 18.9 Å². The normalized spacial score (nSPS) is 23.3. The van der Waals surface area contributed by atoms with Gasteiger partial charge in [-0.15, -0.1) is 0 Å². The first-order chi connectivity index (χ1) is 16.9. The SMILES string of the molecule is CC1(O)C(OC(=O)c2ccccc2)OC(COC(=O)c2ccccc2)C1OC(=O)c1ccccc1. The molecule has 1 N–H and O–H groups in total. The van der Waals surface area contributed by atoms with Gasteiger partial charge < -0.3 is 24.1 Å². The number of carbonyl (C=O) groups excluding carboxylic acids is 3. The Labute approximate surface area is 202 Å². The van der Waals surface area contributed by atoms with E-state index in [1.807, 2.05) is 0 Å². The molecular formula is C27H24O8. The number of rotatable bonds is 7. The summed E-state index contributed by atoms with van der Waals surface area (Å²) in [5.41, 5.74) is -1.10. The lowest BCUT2D eigenvalue weighted by Gasteiger charge is -2.29. The molecule has 8 heteroatoms. The van der Waals surface area contributed by atoms with Gasteiger partial charge in [0.1, 0.15) is 12.7 Å². The second kappa shape index (κ2) is 10.5. The van der Waals surface area contributed by atoms with Crippen LogP contribution in [0.5, 0.6) is 0 Å². The van der Waals surface area contributed by atoms with Gasteiger partial charge in [0.2, 0.25) is 6.29 Å². The van der Waals surface area contributed by atoms with Crippen LogP contribution in [0.3, 0.4) is 0 Å². The van der Waals surface area contributed by atoms with Gasteiger partial charge in [-0.25, -0.2) is 14.4 Å². The average Bonchev–Trinajstić information content (AvgIpc) is 3.12. The Kier molecular flexibility index (Phi) is 7.24. The standard InChI is InChI=1S/C27H24O8/c1-27(31)22(34-24(29)19-13-7-3-8-14-19)21(17-32-23(28)18-11-5-2-6-12-18)33-26(27)35-25(30)20-15-9-4-10-16-20/h2-16,21-22,26,31H,17H2,1H3. The second-order valence-electron chi connectivity index (χ2n) is 8.16. The van der Waals surface area contributed by atoms with Crippen LogP contribution in [0.15, 0.2) is 91.0 Å². The molecule has 1 saturated heterocycles. The van der Waals surface area contributed by atoms with Crippen LogP contribution in [-0.4, -0.2) is 53.7 Å². The first kappa shape index (κ1) is 24.1. The molecule has 1 fully saturated rings. The van der Waals surface area contributed by atoms with Crippen LogP contribution in [0.1, 0.15) is 38.0 Å². The predicted molar refractivity (Wildman–Crippen MR) is 124 cm³/mol. The molecule has 4 unspecified atom stereocenters. The van der Waals surface area contributed by atoms with Gasteiger partial charge in [-0.3, -0.25) is 0 Å². The van der Waals surface area contributed by atoms with Crippen molar-refractivity contribution in [2.75, 3.05) is 6.61 Å². The van der Waals surface area contributed by atoms with E-state index in [9.17, 15) is 19.5 Å². The van der Waals surface area contributed by atoms with E-state index in [2.05, 4.69) is 0 Å². The molecule has 8 nitrogen and oxygen atoms in total. The summed E-state index contributed by atoms with van der Waals surface area (Å²) in [6, 6.07) is 24.7. The van der Waals surface area contributed by atoms with Gasteiger partial charge in [-0.1, -0.05) is 54.6 Å². The topological polar surface area (TPSA) is 108 Å². The zero-order valence-corrected chi connectivity index (χ0v) is 18.9. The minimum absolute atomic E-state index is 0.253. The molecule has 1 aliphatic heterocycles. The molecule has 3 aromatic carbocycles. The maximum absolute atomic E-state index is 12.7. The third kappa shape index (κ3) is 5.56. The van der Waals surface area contributed by atoms with Gasteiger partial charge in [0, 0.05) is 0 Å². The molecule has 1 aliphatic rings. The van der Waals surface area contributed by atoms with Crippen molar-refractivity contribution in [3.63, 3.8) is 0 Å². The zero-order chi connectivity index (χ0) is 24.8. The number of hydrogen-bond acceptors (Lipinski definition) is 8. The summed E-state index contributed by atoms with van der Waals surface area (Å²) in [6.45, 7) is 0.980. The van der Waals surface area contributed by atoms with E-state index >= 15 is 0 Å². The Morgan fingerprint density at radius 1 is 0.743 bits per heavy atom. The molecule has 4 rings (SSSR count). The largest absolute Gasteiger partial charge is 0.459 e. The van der Waals surface area contributed by atoms with Crippen LogP contribution >= 0.6 is 0 Å². The maximum Gasteiger partial charge on any atom is 0.340 e. The Balaban J connectivity index is 1.53. The second-order valence-corrected chi connectivity index (χ2v) is 8.16. The molecule has 0 radical (unpaired) electrons. The van der Waals surface area contributed by atoms with E-state index in [0.29, 0.717) is 5.56 Å². The highest BCUT2D eigenvalue weighted by Gasteiger charge is 2.57. The molecule has 0 amide bonds. The average molecular weight is 476 g/mol. The van der Waals surface area contributed by atoms with E-state index in [1.54, 1.807) is 91.0 Å². The molecule has 180 valence electrons. The van der Waals surface area contributed by atoms with Crippen LogP contribution in [0, 0.1) is 0 Å². The number of hydrogen-bond donors (Lipinski definition) is 1. The molecule has 0 aromatic heterocycles. The predicted octanol–water partition coefficient (Wildman–Crippen LogP) is 3.40. The van der Waals surface area contributed by atoms with Gasteiger partial charge >= 0.3 is 17.9 Å². The highest BCUT2D eigenvalue weighted by atomic mass is 16.7. The highest BCUT2D eigenvalue weighted by molar-refractivity contribution is 5.90. The van der Waals surface area contributed by atoms with Crippen LogP contribution in [0.25, 0.3) is 0 Å². The summed E-state index contributed by atoms with van der Waals surface area (Å²) in [6.07, 6.45) is -3.88. The maximum atomic E-state index is 12.7. The summed E-state index contributed by atoms with van der Waals surface area (Å²) in [5, 5.41) is 11.2. The number of benzene rings is 3. The van der Waals surface area contributed by atoms with Gasteiger partial charge in [-0.2, -0.15) is 0 Å². The lowest BCUT2D eigenvalue weighted by atomic mass is 9.97. The molecular weight excluding hydrogens is 452 g/mol. The molecule has 4 atom stereocenters. The van der Waals surface area contributed by atoms with Gasteiger partial charge in [-0.05, 0) is 43.3 Å². The third-order valence-corrected chi connectivity index (χ3v) is 5.54. The Hall–Kier alpha value is -4.01. The minimum atomic E-state index is -1.93. The summed E-state index contributed by atoms with van der Waals surface area (Å²) in [5.74, 6) is -2.06. The Morgan fingerprint density at radius 3 is 1.66 bits per heavy atom. The van der Waals surface area contributed by atoms with Crippen molar-refractivity contribution in [1.29, 1.82) is 0 Å². The van der Waals surface area contributed by atoms with Crippen molar-refractivity contribution < 1.29 is 38.4 Å². The molecule has 35 heavy (non-hydrogen) atoms. The van der Waals surface area contributed by atoms with E-state index in [0.717, 1.165) is 0 Å².